The molecule has 20 heavy (non-hydrogen) atoms. The van der Waals surface area contributed by atoms with Crippen LogP contribution in [0.25, 0.3) is 0 Å². The Morgan fingerprint density at radius 3 is 2.50 bits per heavy atom. The van der Waals surface area contributed by atoms with E-state index in [0.29, 0.717) is 13.0 Å². The van der Waals surface area contributed by atoms with E-state index in [2.05, 4.69) is 20.6 Å². The molecule has 0 heterocycles. The number of rotatable bonds is 8. The van der Waals surface area contributed by atoms with Crippen molar-refractivity contribution in [1.29, 1.82) is 0 Å². The van der Waals surface area contributed by atoms with Gasteiger partial charge in [-0.05, 0) is 33.6 Å². The third kappa shape index (κ3) is 12.7. The number of carbonyl (C=O) groups excluding carboxylic acids is 2. The number of amides is 1. The van der Waals surface area contributed by atoms with Gasteiger partial charge >= 0.3 is 12.1 Å². The number of hydrogen-bond donors (Lipinski definition) is 2. The second-order valence-electron chi connectivity index (χ2n) is 5.23. The molecule has 7 heteroatoms. The van der Waals surface area contributed by atoms with E-state index in [-0.39, 0.29) is 5.97 Å². The van der Waals surface area contributed by atoms with Crippen LogP contribution in [-0.2, 0) is 14.4 Å². The summed E-state index contributed by atoms with van der Waals surface area (Å²) in [7, 11) is 1.65. The average Bonchev–Trinajstić information content (AvgIpc) is 2.31. The zero-order chi connectivity index (χ0) is 15.4. The van der Waals surface area contributed by atoms with Crippen LogP contribution in [0.3, 0.4) is 0 Å². The minimum atomic E-state index is -0.594. The fraction of sp³-hybridized carbons (Fsp3) is 0.769. The Kier molecular flexibility index (Phi) is 9.15. The molecular weight excluding hydrogens is 262 g/mol. The van der Waals surface area contributed by atoms with Gasteiger partial charge in [0.1, 0.15) is 11.9 Å². The zero-order valence-electron chi connectivity index (χ0n) is 12.7. The lowest BCUT2D eigenvalue weighted by atomic mass is 10.1. The minimum absolute atomic E-state index is 0.189. The number of oxime groups is 1. The van der Waals surface area contributed by atoms with Gasteiger partial charge in [0, 0.05) is 20.0 Å². The van der Waals surface area contributed by atoms with Crippen LogP contribution in [0, 0.1) is 0 Å². The number of hydrogen-bond acceptors (Lipinski definition) is 5. The number of nitrogens with zero attached hydrogens (tertiary/aromatic N) is 1. The highest BCUT2D eigenvalue weighted by atomic mass is 16.7. The lowest BCUT2D eigenvalue weighted by Gasteiger charge is -2.19. The second kappa shape index (κ2) is 10.1. The molecule has 116 valence electrons. The SMILES string of the molecule is CN/C=N\OC(=O)NCCCCCC(=O)OC(C)(C)C. The van der Waals surface area contributed by atoms with Crippen molar-refractivity contribution in [2.24, 2.45) is 5.16 Å². The Balaban J connectivity index is 3.47. The molecular formula is C13H25N3O4. The third-order valence-corrected chi connectivity index (χ3v) is 2.06. The Morgan fingerprint density at radius 2 is 1.90 bits per heavy atom. The highest BCUT2D eigenvalue weighted by molar-refractivity contribution is 5.69. The quantitative estimate of drug-likeness (QED) is 0.177. The molecule has 0 saturated carbocycles. The van der Waals surface area contributed by atoms with Gasteiger partial charge in [0.05, 0.1) is 0 Å². The molecule has 2 N–H and O–H groups in total. The highest BCUT2D eigenvalue weighted by Gasteiger charge is 2.15. The maximum atomic E-state index is 11.4. The lowest BCUT2D eigenvalue weighted by molar-refractivity contribution is -0.154. The molecule has 0 bridgehead atoms. The van der Waals surface area contributed by atoms with Gasteiger partial charge in [0.25, 0.3) is 0 Å². The largest absolute Gasteiger partial charge is 0.460 e. The van der Waals surface area contributed by atoms with Gasteiger partial charge in [-0.15, -0.1) is 0 Å². The Bertz CT molecular complexity index is 324. The van der Waals surface area contributed by atoms with Crippen LogP contribution in [0.4, 0.5) is 4.79 Å². The molecule has 0 aliphatic carbocycles. The van der Waals surface area contributed by atoms with Gasteiger partial charge in [-0.3, -0.25) is 9.63 Å². The Hall–Kier alpha value is -1.79. The van der Waals surface area contributed by atoms with Crippen LogP contribution >= 0.6 is 0 Å². The van der Waals surface area contributed by atoms with Crippen molar-refractivity contribution in [2.45, 2.75) is 52.1 Å². The van der Waals surface area contributed by atoms with E-state index in [9.17, 15) is 9.59 Å². The zero-order valence-corrected chi connectivity index (χ0v) is 12.7. The number of nitrogens with one attached hydrogen (secondary N) is 2. The summed E-state index contributed by atoms with van der Waals surface area (Å²) in [5.41, 5.74) is -0.434. The molecule has 0 aliphatic rings. The third-order valence-electron chi connectivity index (χ3n) is 2.06. The molecule has 0 aromatic rings. The fourth-order valence-electron chi connectivity index (χ4n) is 1.31. The Morgan fingerprint density at radius 1 is 1.20 bits per heavy atom. The summed E-state index contributed by atoms with van der Waals surface area (Å²) in [5, 5.41) is 8.50. The average molecular weight is 287 g/mol. The molecule has 0 fully saturated rings. The van der Waals surface area contributed by atoms with Gasteiger partial charge in [-0.2, -0.15) is 0 Å². The minimum Gasteiger partial charge on any atom is -0.460 e. The molecule has 0 aromatic heterocycles. The maximum absolute atomic E-state index is 11.4. The summed E-state index contributed by atoms with van der Waals surface area (Å²) in [4.78, 5) is 26.9. The first-order chi connectivity index (χ1) is 9.35. The van der Waals surface area contributed by atoms with Crippen molar-refractivity contribution in [3.8, 4) is 0 Å². The van der Waals surface area contributed by atoms with Crippen LogP contribution in [0.15, 0.2) is 5.16 Å². The summed E-state index contributed by atoms with van der Waals surface area (Å²) in [5.74, 6) is -0.189. The van der Waals surface area contributed by atoms with Crippen molar-refractivity contribution in [1.82, 2.24) is 10.6 Å². The summed E-state index contributed by atoms with van der Waals surface area (Å²) in [6.07, 6.45) is 3.41. The van der Waals surface area contributed by atoms with Gasteiger partial charge < -0.3 is 15.4 Å². The number of ether oxygens (including phenoxy) is 1. The molecule has 0 radical (unpaired) electrons. The van der Waals surface area contributed by atoms with Gasteiger partial charge in [-0.1, -0.05) is 11.6 Å². The number of unbranched alkanes of at least 4 members (excludes halogenated alkanes) is 2. The molecule has 0 rings (SSSR count). The van der Waals surface area contributed by atoms with Crippen molar-refractivity contribution in [3.63, 3.8) is 0 Å². The Labute approximate surface area is 120 Å². The summed E-state index contributed by atoms with van der Waals surface area (Å²) in [6, 6.07) is 0. The van der Waals surface area contributed by atoms with Crippen molar-refractivity contribution < 1.29 is 19.2 Å². The fourth-order valence-corrected chi connectivity index (χ4v) is 1.31. The van der Waals surface area contributed by atoms with Crippen LogP contribution in [0.5, 0.6) is 0 Å². The lowest BCUT2D eigenvalue weighted by Crippen LogP contribution is -2.24. The summed E-state index contributed by atoms with van der Waals surface area (Å²) < 4.78 is 5.19. The van der Waals surface area contributed by atoms with E-state index in [1.807, 2.05) is 20.8 Å². The standard InChI is InChI=1S/C13H25N3O4/c1-13(2,3)19-11(17)8-6-5-7-9-15-12(18)20-16-10-14-4/h10H,5-9H2,1-4H3,(H,14,16)(H,15,18). The predicted octanol–water partition coefficient (Wildman–Crippen LogP) is 1.78. The molecule has 0 saturated heterocycles. The summed E-state index contributed by atoms with van der Waals surface area (Å²) >= 11 is 0. The van der Waals surface area contributed by atoms with E-state index in [1.54, 1.807) is 7.05 Å². The van der Waals surface area contributed by atoms with E-state index in [4.69, 9.17) is 4.74 Å². The maximum Gasteiger partial charge on any atom is 0.433 e. The van der Waals surface area contributed by atoms with E-state index >= 15 is 0 Å². The summed E-state index contributed by atoms with van der Waals surface area (Å²) in [6.45, 7) is 6.02. The molecule has 0 atom stereocenters. The van der Waals surface area contributed by atoms with Crippen LogP contribution in [0.1, 0.15) is 46.5 Å². The van der Waals surface area contributed by atoms with Gasteiger partial charge in [-0.25, -0.2) is 4.79 Å². The number of esters is 1. The van der Waals surface area contributed by atoms with Crippen LogP contribution in [-0.4, -0.2) is 37.6 Å². The topological polar surface area (TPSA) is 89.0 Å². The van der Waals surface area contributed by atoms with Crippen molar-refractivity contribution in [2.75, 3.05) is 13.6 Å². The molecule has 0 unspecified atom stereocenters. The first-order valence-corrected chi connectivity index (χ1v) is 6.71. The van der Waals surface area contributed by atoms with Gasteiger partial charge in [0.2, 0.25) is 0 Å². The highest BCUT2D eigenvalue weighted by Crippen LogP contribution is 2.10. The molecule has 0 spiro atoms. The first-order valence-electron chi connectivity index (χ1n) is 6.71. The molecule has 0 aliphatic heterocycles. The van der Waals surface area contributed by atoms with Crippen molar-refractivity contribution in [3.05, 3.63) is 0 Å². The smallest absolute Gasteiger partial charge is 0.433 e. The second-order valence-corrected chi connectivity index (χ2v) is 5.23. The monoisotopic (exact) mass is 287 g/mol. The van der Waals surface area contributed by atoms with E-state index in [1.165, 1.54) is 6.34 Å². The van der Waals surface area contributed by atoms with Crippen LogP contribution in [0.2, 0.25) is 0 Å². The van der Waals surface area contributed by atoms with Crippen LogP contribution < -0.4 is 10.6 Å². The normalized spacial score (nSPS) is 11.2. The van der Waals surface area contributed by atoms with Crippen molar-refractivity contribution >= 4 is 18.4 Å². The van der Waals surface area contributed by atoms with E-state index < -0.39 is 11.7 Å². The number of carbonyl (C=O) groups is 2. The molecule has 0 aromatic carbocycles. The molecule has 1 amide bonds. The van der Waals surface area contributed by atoms with Gasteiger partial charge in [0.15, 0.2) is 0 Å². The predicted molar refractivity (Wildman–Crippen MR) is 76.3 cm³/mol. The molecule has 7 nitrogen and oxygen atoms in total. The first kappa shape index (κ1) is 18.2. The van der Waals surface area contributed by atoms with E-state index in [0.717, 1.165) is 19.3 Å².